The van der Waals surface area contributed by atoms with E-state index in [0.29, 0.717) is 43.3 Å². The highest BCUT2D eigenvalue weighted by Crippen LogP contribution is 2.43. The van der Waals surface area contributed by atoms with Crippen molar-refractivity contribution in [1.82, 2.24) is 9.80 Å². The van der Waals surface area contributed by atoms with Gasteiger partial charge in [0.1, 0.15) is 17.4 Å². The number of hydrogen-bond donors (Lipinski definition) is 2. The molecule has 2 aliphatic rings. The molecule has 6 nitrogen and oxygen atoms in total. The fraction of sp³-hybridized carbons (Fsp3) is 0.217. The zero-order valence-corrected chi connectivity index (χ0v) is 17.9. The van der Waals surface area contributed by atoms with Crippen molar-refractivity contribution in [2.45, 2.75) is 0 Å². The van der Waals surface area contributed by atoms with E-state index in [1.54, 1.807) is 4.90 Å². The van der Waals surface area contributed by atoms with Crippen LogP contribution in [0.1, 0.15) is 5.56 Å². The number of carbonyl (C=O) groups is 1. The highest BCUT2D eigenvalue weighted by Gasteiger charge is 2.30. The number of benzodiazepines with no additional fused rings is 1. The van der Waals surface area contributed by atoms with E-state index in [9.17, 15) is 14.3 Å². The second-order valence-corrected chi connectivity index (χ2v) is 7.90. The summed E-state index contributed by atoms with van der Waals surface area (Å²) in [5, 5.41) is 13.0. The molecule has 0 unspecified atom stereocenters. The number of aromatic hydroxyl groups is 1. The normalized spacial score (nSPS) is 16.1. The molecule has 9 heteroatoms. The van der Waals surface area contributed by atoms with Crippen molar-refractivity contribution in [2.24, 2.45) is 4.99 Å². The first-order valence-electron chi connectivity index (χ1n) is 9.97. The molecule has 0 atom stereocenters. The van der Waals surface area contributed by atoms with Crippen molar-refractivity contribution < 1.29 is 18.7 Å². The Balaban J connectivity index is 1.78. The van der Waals surface area contributed by atoms with Crippen LogP contribution in [0.3, 0.4) is 0 Å². The Bertz CT molecular complexity index is 1140. The summed E-state index contributed by atoms with van der Waals surface area (Å²) in [6.45, 7) is 9.49. The zero-order chi connectivity index (χ0) is 23.0. The number of aliphatic imine (C=N–C) groups is 1. The van der Waals surface area contributed by atoms with Gasteiger partial charge in [0.25, 0.3) is 0 Å². The van der Waals surface area contributed by atoms with E-state index in [0.717, 1.165) is 6.07 Å². The van der Waals surface area contributed by atoms with E-state index < -0.39 is 17.4 Å². The van der Waals surface area contributed by atoms with Crippen LogP contribution in [0.25, 0.3) is 11.1 Å². The molecular weight excluding hydrogens is 438 g/mol. The SMILES string of the molecule is C=CC(=O)N1CCN(C2=NCC(=C)Nc3c2cc(Cl)c(-c2c(O)cccc2F)c3F)CC1. The van der Waals surface area contributed by atoms with Crippen LogP contribution in [-0.2, 0) is 4.79 Å². The van der Waals surface area contributed by atoms with Crippen LogP contribution in [0.2, 0.25) is 5.02 Å². The highest BCUT2D eigenvalue weighted by atomic mass is 35.5. The standard InChI is InChI=1S/C23H21ClF2N4O2/c1-3-18(32)29-7-9-30(10-8-29)23-14-11-15(24)19(20-16(25)5-4-6-17(20)31)21(26)22(14)28-13(2)12-27-23/h3-6,11,28,31H,1-2,7-10,12H2. The molecule has 0 bridgehead atoms. The number of hydrogen-bond acceptors (Lipinski definition) is 5. The molecule has 0 saturated carbocycles. The Hall–Kier alpha value is -3.39. The molecular formula is C23H21ClF2N4O2. The molecule has 0 aromatic heterocycles. The topological polar surface area (TPSA) is 68.2 Å². The molecule has 0 aliphatic carbocycles. The van der Waals surface area contributed by atoms with Crippen molar-refractivity contribution >= 4 is 29.0 Å². The summed E-state index contributed by atoms with van der Waals surface area (Å²) < 4.78 is 30.3. The first kappa shape index (κ1) is 21.8. The van der Waals surface area contributed by atoms with Crippen LogP contribution in [0.4, 0.5) is 14.5 Å². The Morgan fingerprint density at radius 2 is 1.94 bits per heavy atom. The van der Waals surface area contributed by atoms with Crippen molar-refractivity contribution in [3.8, 4) is 16.9 Å². The number of piperazine rings is 1. The number of amidine groups is 1. The van der Waals surface area contributed by atoms with Gasteiger partial charge in [-0.1, -0.05) is 30.8 Å². The van der Waals surface area contributed by atoms with Gasteiger partial charge < -0.3 is 20.2 Å². The Kier molecular flexibility index (Phi) is 5.88. The number of phenols is 1. The van der Waals surface area contributed by atoms with E-state index in [1.807, 2.05) is 4.90 Å². The Morgan fingerprint density at radius 1 is 1.22 bits per heavy atom. The first-order valence-corrected chi connectivity index (χ1v) is 10.3. The average molecular weight is 459 g/mol. The summed E-state index contributed by atoms with van der Waals surface area (Å²) in [6.07, 6.45) is 1.27. The van der Waals surface area contributed by atoms with Crippen molar-refractivity contribution in [3.63, 3.8) is 0 Å². The maximum absolute atomic E-state index is 15.8. The number of anilines is 1. The van der Waals surface area contributed by atoms with Crippen LogP contribution >= 0.6 is 11.6 Å². The van der Waals surface area contributed by atoms with Gasteiger partial charge in [-0.25, -0.2) is 8.78 Å². The number of nitrogens with one attached hydrogen (secondary N) is 1. The molecule has 2 aliphatic heterocycles. The van der Waals surface area contributed by atoms with E-state index in [1.165, 1.54) is 24.3 Å². The number of halogens is 3. The summed E-state index contributed by atoms with van der Waals surface area (Å²) >= 11 is 6.42. The molecule has 1 amide bonds. The third-order valence-corrected chi connectivity index (χ3v) is 5.79. The fourth-order valence-corrected chi connectivity index (χ4v) is 4.20. The smallest absolute Gasteiger partial charge is 0.246 e. The number of carbonyl (C=O) groups excluding carboxylic acids is 1. The van der Waals surface area contributed by atoms with Gasteiger partial charge in [-0.05, 0) is 24.3 Å². The first-order chi connectivity index (χ1) is 15.3. The van der Waals surface area contributed by atoms with E-state index in [-0.39, 0.29) is 34.3 Å². The summed E-state index contributed by atoms with van der Waals surface area (Å²) in [4.78, 5) is 20.1. The molecule has 1 saturated heterocycles. The van der Waals surface area contributed by atoms with Gasteiger partial charge in [-0.3, -0.25) is 9.79 Å². The second-order valence-electron chi connectivity index (χ2n) is 7.49. The largest absolute Gasteiger partial charge is 0.507 e. The predicted molar refractivity (Wildman–Crippen MR) is 121 cm³/mol. The summed E-state index contributed by atoms with van der Waals surface area (Å²) in [5.41, 5.74) is 0.340. The maximum Gasteiger partial charge on any atom is 0.246 e. The van der Waals surface area contributed by atoms with Gasteiger partial charge in [0.05, 0.1) is 22.8 Å². The van der Waals surface area contributed by atoms with E-state index in [2.05, 4.69) is 23.5 Å². The van der Waals surface area contributed by atoms with Gasteiger partial charge >= 0.3 is 0 Å². The monoisotopic (exact) mass is 458 g/mol. The lowest BCUT2D eigenvalue weighted by Gasteiger charge is -2.36. The number of rotatable bonds is 2. The highest BCUT2D eigenvalue weighted by molar-refractivity contribution is 6.34. The molecule has 0 radical (unpaired) electrons. The number of amides is 1. The van der Waals surface area contributed by atoms with Gasteiger partial charge in [-0.2, -0.15) is 0 Å². The molecule has 0 spiro atoms. The molecule has 32 heavy (non-hydrogen) atoms. The van der Waals surface area contributed by atoms with Crippen LogP contribution in [-0.4, -0.2) is 59.4 Å². The lowest BCUT2D eigenvalue weighted by Crippen LogP contribution is -2.50. The number of benzene rings is 2. The minimum absolute atomic E-state index is 0.0536. The maximum atomic E-state index is 15.8. The predicted octanol–water partition coefficient (Wildman–Crippen LogP) is 4.01. The van der Waals surface area contributed by atoms with E-state index >= 15 is 4.39 Å². The summed E-state index contributed by atoms with van der Waals surface area (Å²) in [5.74, 6) is -1.68. The third-order valence-electron chi connectivity index (χ3n) is 5.49. The van der Waals surface area contributed by atoms with Gasteiger partial charge in [-0.15, -0.1) is 0 Å². The van der Waals surface area contributed by atoms with E-state index in [4.69, 9.17) is 11.6 Å². The zero-order valence-electron chi connectivity index (χ0n) is 17.2. The number of nitrogens with zero attached hydrogens (tertiary/aromatic N) is 3. The molecule has 2 aromatic rings. The molecule has 166 valence electrons. The molecule has 2 N–H and O–H groups in total. The Labute approximate surface area is 189 Å². The fourth-order valence-electron chi connectivity index (χ4n) is 3.92. The average Bonchev–Trinajstić information content (AvgIpc) is 2.94. The molecule has 4 rings (SSSR count). The van der Waals surface area contributed by atoms with Crippen LogP contribution in [0.15, 0.2) is 54.2 Å². The van der Waals surface area contributed by atoms with Crippen molar-refractivity contribution in [2.75, 3.05) is 38.0 Å². The van der Waals surface area contributed by atoms with Crippen LogP contribution in [0.5, 0.6) is 5.75 Å². The van der Waals surface area contributed by atoms with Crippen LogP contribution < -0.4 is 5.32 Å². The van der Waals surface area contributed by atoms with Crippen molar-refractivity contribution in [1.29, 1.82) is 0 Å². The van der Waals surface area contributed by atoms with Gasteiger partial charge in [0.15, 0.2) is 5.82 Å². The lowest BCUT2D eigenvalue weighted by atomic mass is 9.98. The molecule has 2 heterocycles. The summed E-state index contributed by atoms with van der Waals surface area (Å²) in [7, 11) is 0. The molecule has 2 aromatic carbocycles. The Morgan fingerprint density at radius 3 is 2.59 bits per heavy atom. The third kappa shape index (κ3) is 3.82. The summed E-state index contributed by atoms with van der Waals surface area (Å²) in [6, 6.07) is 5.22. The quantitative estimate of drug-likeness (QED) is 0.667. The minimum Gasteiger partial charge on any atom is -0.507 e. The molecule has 1 fully saturated rings. The minimum atomic E-state index is -0.816. The van der Waals surface area contributed by atoms with Gasteiger partial charge in [0, 0.05) is 43.0 Å². The second kappa shape index (κ2) is 8.63. The number of phenolic OH excluding ortho intramolecular Hbond substituents is 1. The van der Waals surface area contributed by atoms with Gasteiger partial charge in [0.2, 0.25) is 5.91 Å². The van der Waals surface area contributed by atoms with Crippen LogP contribution in [0, 0.1) is 11.6 Å². The van der Waals surface area contributed by atoms with Crippen molar-refractivity contribution in [3.05, 3.63) is 71.4 Å². The lowest BCUT2D eigenvalue weighted by molar-refractivity contribution is -0.127. The number of fused-ring (bicyclic) bond motifs is 1.